The number of hydrogen-bond acceptors (Lipinski definition) is 1. The highest BCUT2D eigenvalue weighted by Gasteiger charge is 2.30. The zero-order valence-electron chi connectivity index (χ0n) is 11.5. The van der Waals surface area contributed by atoms with E-state index >= 15 is 0 Å². The number of carbonyl (C=O) groups excluding carboxylic acids is 1. The van der Waals surface area contributed by atoms with Crippen LogP contribution in [0.3, 0.4) is 0 Å². The Bertz CT molecular complexity index is 520. The van der Waals surface area contributed by atoms with Gasteiger partial charge >= 0.3 is 0 Å². The molecule has 0 heterocycles. The smallest absolute Gasteiger partial charge is 0.166 e. The SMILES string of the molecule is CC1=CC(C)=C(C)C1C(C)C(=O)c1ccccc1. The molecule has 1 heteroatoms. The molecule has 0 amide bonds. The minimum absolute atomic E-state index is 0.0149. The Kier molecular flexibility index (Phi) is 3.51. The maximum absolute atomic E-state index is 12.5. The van der Waals surface area contributed by atoms with Crippen LogP contribution in [0.25, 0.3) is 0 Å². The van der Waals surface area contributed by atoms with Crippen LogP contribution in [0.1, 0.15) is 38.1 Å². The molecule has 2 rings (SSSR count). The Hall–Kier alpha value is -1.63. The molecule has 2 atom stereocenters. The fourth-order valence-electron chi connectivity index (χ4n) is 2.92. The van der Waals surface area contributed by atoms with Crippen molar-refractivity contribution in [1.82, 2.24) is 0 Å². The average Bonchev–Trinajstić information content (AvgIpc) is 2.63. The maximum Gasteiger partial charge on any atom is 0.166 e. The van der Waals surface area contributed by atoms with E-state index in [2.05, 4.69) is 26.8 Å². The first-order valence-electron chi connectivity index (χ1n) is 6.47. The summed E-state index contributed by atoms with van der Waals surface area (Å²) >= 11 is 0. The summed E-state index contributed by atoms with van der Waals surface area (Å²) < 4.78 is 0. The third kappa shape index (κ3) is 2.17. The average molecular weight is 240 g/mol. The quantitative estimate of drug-likeness (QED) is 0.715. The standard InChI is InChI=1S/C17H20O/c1-11-10-12(2)16(13(11)3)14(4)17(18)15-8-6-5-7-9-15/h5-10,14,16H,1-4H3. The van der Waals surface area contributed by atoms with Gasteiger partial charge in [0, 0.05) is 17.4 Å². The highest BCUT2D eigenvalue weighted by Crippen LogP contribution is 2.37. The molecule has 0 N–H and O–H groups in total. The fraction of sp³-hybridized carbons (Fsp3) is 0.353. The van der Waals surface area contributed by atoms with Gasteiger partial charge in [-0.3, -0.25) is 4.79 Å². The molecule has 1 aliphatic carbocycles. The minimum Gasteiger partial charge on any atom is -0.294 e. The van der Waals surface area contributed by atoms with E-state index in [9.17, 15) is 4.79 Å². The number of benzene rings is 1. The van der Waals surface area contributed by atoms with Gasteiger partial charge in [-0.25, -0.2) is 0 Å². The minimum atomic E-state index is 0.0149. The van der Waals surface area contributed by atoms with Gasteiger partial charge in [0.2, 0.25) is 0 Å². The second kappa shape index (κ2) is 4.93. The molecule has 0 radical (unpaired) electrons. The van der Waals surface area contributed by atoms with Crippen molar-refractivity contribution in [2.24, 2.45) is 11.8 Å². The number of rotatable bonds is 3. The van der Waals surface area contributed by atoms with E-state index in [1.165, 1.54) is 16.7 Å². The van der Waals surface area contributed by atoms with Gasteiger partial charge in [-0.2, -0.15) is 0 Å². The van der Waals surface area contributed by atoms with Crippen molar-refractivity contribution in [1.29, 1.82) is 0 Å². The van der Waals surface area contributed by atoms with Crippen LogP contribution in [0, 0.1) is 11.8 Å². The lowest BCUT2D eigenvalue weighted by Gasteiger charge is -2.22. The van der Waals surface area contributed by atoms with E-state index in [1.807, 2.05) is 37.3 Å². The molecule has 0 fully saturated rings. The Morgan fingerprint density at radius 2 is 1.72 bits per heavy atom. The van der Waals surface area contributed by atoms with Gasteiger partial charge in [-0.1, -0.05) is 60.1 Å². The van der Waals surface area contributed by atoms with E-state index in [4.69, 9.17) is 0 Å². The molecular formula is C17H20O. The highest BCUT2D eigenvalue weighted by molar-refractivity contribution is 5.98. The van der Waals surface area contributed by atoms with Gasteiger partial charge in [0.1, 0.15) is 0 Å². The maximum atomic E-state index is 12.5. The van der Waals surface area contributed by atoms with E-state index in [1.54, 1.807) is 0 Å². The van der Waals surface area contributed by atoms with Crippen LogP contribution in [0.2, 0.25) is 0 Å². The van der Waals surface area contributed by atoms with Crippen molar-refractivity contribution in [2.45, 2.75) is 27.7 Å². The summed E-state index contributed by atoms with van der Waals surface area (Å²) in [5.41, 5.74) is 4.77. The molecule has 2 unspecified atom stereocenters. The van der Waals surface area contributed by atoms with E-state index < -0.39 is 0 Å². The molecule has 1 aromatic carbocycles. The molecule has 1 aromatic rings. The van der Waals surface area contributed by atoms with Crippen molar-refractivity contribution >= 4 is 5.78 Å². The predicted molar refractivity (Wildman–Crippen MR) is 75.6 cm³/mol. The summed E-state index contributed by atoms with van der Waals surface area (Å²) in [6.45, 7) is 8.43. The van der Waals surface area contributed by atoms with Gasteiger partial charge in [-0.15, -0.1) is 0 Å². The third-order valence-electron chi connectivity index (χ3n) is 4.00. The first-order chi connectivity index (χ1) is 8.52. The molecule has 0 bridgehead atoms. The van der Waals surface area contributed by atoms with E-state index in [0.717, 1.165) is 5.56 Å². The van der Waals surface area contributed by atoms with Crippen molar-refractivity contribution in [3.8, 4) is 0 Å². The van der Waals surface area contributed by atoms with Crippen molar-refractivity contribution in [3.63, 3.8) is 0 Å². The number of allylic oxidation sites excluding steroid dienone is 4. The van der Waals surface area contributed by atoms with E-state index in [0.29, 0.717) is 0 Å². The predicted octanol–water partition coefficient (Wildman–Crippen LogP) is 4.42. The summed E-state index contributed by atoms with van der Waals surface area (Å²) in [6, 6.07) is 9.59. The zero-order valence-corrected chi connectivity index (χ0v) is 11.5. The Balaban J connectivity index is 2.26. The Morgan fingerprint density at radius 1 is 1.11 bits per heavy atom. The summed E-state index contributed by atoms with van der Waals surface area (Å²) in [7, 11) is 0. The summed E-state index contributed by atoms with van der Waals surface area (Å²) in [4.78, 5) is 12.5. The van der Waals surface area contributed by atoms with Gasteiger partial charge in [0.25, 0.3) is 0 Å². The van der Waals surface area contributed by atoms with Gasteiger partial charge in [-0.05, 0) is 20.8 Å². The summed E-state index contributed by atoms with van der Waals surface area (Å²) in [5.74, 6) is 0.529. The monoisotopic (exact) mass is 240 g/mol. The van der Waals surface area contributed by atoms with Gasteiger partial charge < -0.3 is 0 Å². The molecule has 0 spiro atoms. The van der Waals surface area contributed by atoms with Crippen LogP contribution >= 0.6 is 0 Å². The number of Topliss-reactive ketones (excluding diaryl/α,β-unsaturated/α-hetero) is 1. The van der Waals surface area contributed by atoms with Gasteiger partial charge in [0.05, 0.1) is 0 Å². The van der Waals surface area contributed by atoms with Crippen LogP contribution < -0.4 is 0 Å². The first-order valence-corrected chi connectivity index (χ1v) is 6.47. The van der Waals surface area contributed by atoms with Crippen LogP contribution in [0.4, 0.5) is 0 Å². The number of carbonyl (C=O) groups is 1. The fourth-order valence-corrected chi connectivity index (χ4v) is 2.92. The lowest BCUT2D eigenvalue weighted by atomic mass is 9.81. The topological polar surface area (TPSA) is 17.1 Å². The molecule has 0 aliphatic heterocycles. The third-order valence-corrected chi connectivity index (χ3v) is 4.00. The number of ketones is 1. The molecule has 94 valence electrons. The second-order valence-corrected chi connectivity index (χ2v) is 5.25. The van der Waals surface area contributed by atoms with Crippen LogP contribution in [-0.2, 0) is 0 Å². The largest absolute Gasteiger partial charge is 0.294 e. The second-order valence-electron chi connectivity index (χ2n) is 5.25. The Labute approximate surface area is 109 Å². The normalized spacial score (nSPS) is 20.9. The Morgan fingerprint density at radius 3 is 2.22 bits per heavy atom. The van der Waals surface area contributed by atoms with Crippen molar-refractivity contribution in [2.75, 3.05) is 0 Å². The summed E-state index contributed by atoms with van der Waals surface area (Å²) in [6.07, 6.45) is 2.20. The van der Waals surface area contributed by atoms with Crippen LogP contribution in [0.15, 0.2) is 53.1 Å². The van der Waals surface area contributed by atoms with Crippen LogP contribution in [-0.4, -0.2) is 5.78 Å². The first kappa shape index (κ1) is 12.8. The highest BCUT2D eigenvalue weighted by atomic mass is 16.1. The van der Waals surface area contributed by atoms with Crippen LogP contribution in [0.5, 0.6) is 0 Å². The molecule has 0 aromatic heterocycles. The lowest BCUT2D eigenvalue weighted by molar-refractivity contribution is 0.0909. The number of hydrogen-bond donors (Lipinski definition) is 0. The molecule has 0 saturated heterocycles. The summed E-state index contributed by atoms with van der Waals surface area (Å²) in [5, 5.41) is 0. The molecule has 18 heavy (non-hydrogen) atoms. The molecule has 1 aliphatic rings. The van der Waals surface area contributed by atoms with Crippen molar-refractivity contribution in [3.05, 3.63) is 58.7 Å². The zero-order chi connectivity index (χ0) is 13.3. The molecule has 1 nitrogen and oxygen atoms in total. The molecular weight excluding hydrogens is 220 g/mol. The van der Waals surface area contributed by atoms with E-state index in [-0.39, 0.29) is 17.6 Å². The van der Waals surface area contributed by atoms with Crippen molar-refractivity contribution < 1.29 is 4.79 Å². The lowest BCUT2D eigenvalue weighted by Crippen LogP contribution is -2.22. The molecule has 0 saturated carbocycles. The van der Waals surface area contributed by atoms with Gasteiger partial charge in [0.15, 0.2) is 5.78 Å².